The molecule has 2 aliphatic rings. The van der Waals surface area contributed by atoms with E-state index in [1.807, 2.05) is 66.3 Å². The number of benzene rings is 2. The predicted octanol–water partition coefficient (Wildman–Crippen LogP) is 2.64. The Bertz CT molecular complexity index is 1040. The van der Waals surface area contributed by atoms with Crippen molar-refractivity contribution in [1.29, 1.82) is 0 Å². The summed E-state index contributed by atoms with van der Waals surface area (Å²) in [5.74, 6) is -0.135. The number of aromatic nitrogens is 3. The van der Waals surface area contributed by atoms with E-state index in [0.29, 0.717) is 18.2 Å². The van der Waals surface area contributed by atoms with Gasteiger partial charge in [-0.15, -0.1) is 5.10 Å². The molecule has 148 valence electrons. The lowest BCUT2D eigenvalue weighted by Crippen LogP contribution is -2.42. The number of ether oxygens (including phenoxy) is 1. The van der Waals surface area contributed by atoms with Crippen molar-refractivity contribution < 1.29 is 9.53 Å². The normalized spacial score (nSPS) is 22.7. The third kappa shape index (κ3) is 3.54. The molecule has 2 saturated heterocycles. The largest absolute Gasteiger partial charge is 0.370 e. The summed E-state index contributed by atoms with van der Waals surface area (Å²) in [6.45, 7) is 4.22. The van der Waals surface area contributed by atoms with E-state index in [1.165, 1.54) is 0 Å². The van der Waals surface area contributed by atoms with Gasteiger partial charge in [0, 0.05) is 29.4 Å². The number of para-hydroxylation sites is 1. The fourth-order valence-corrected chi connectivity index (χ4v) is 4.14. The second kappa shape index (κ2) is 7.09. The minimum Gasteiger partial charge on any atom is -0.370 e. The second-order valence-electron chi connectivity index (χ2n) is 7.93. The van der Waals surface area contributed by atoms with Crippen LogP contribution in [0.5, 0.6) is 0 Å². The Morgan fingerprint density at radius 1 is 1.31 bits per heavy atom. The number of rotatable bonds is 5. The smallest absolute Gasteiger partial charge is 0.255 e. The van der Waals surface area contributed by atoms with Crippen molar-refractivity contribution in [3.8, 4) is 11.3 Å². The van der Waals surface area contributed by atoms with Crippen molar-refractivity contribution in [2.75, 3.05) is 18.5 Å². The highest BCUT2D eigenvalue weighted by atomic mass is 16.5. The van der Waals surface area contributed by atoms with Crippen molar-refractivity contribution in [1.82, 2.24) is 20.3 Å². The highest BCUT2D eigenvalue weighted by Crippen LogP contribution is 2.33. The molecule has 7 heteroatoms. The number of anilines is 1. The molecule has 5 rings (SSSR count). The number of nitrogens with zero attached hydrogens (tertiary/aromatic N) is 3. The first-order valence-electron chi connectivity index (χ1n) is 9.85. The molecule has 2 fully saturated rings. The van der Waals surface area contributed by atoms with Crippen LogP contribution in [-0.4, -0.2) is 45.7 Å². The van der Waals surface area contributed by atoms with Crippen molar-refractivity contribution in [2.24, 2.45) is 0 Å². The van der Waals surface area contributed by atoms with Gasteiger partial charge < -0.3 is 15.4 Å². The number of nitrogens with one attached hydrogen (secondary N) is 2. The lowest BCUT2D eigenvalue weighted by molar-refractivity contribution is -0.0206. The van der Waals surface area contributed by atoms with Gasteiger partial charge in [-0.05, 0) is 37.1 Å². The molecule has 1 amide bonds. The molecule has 2 atom stereocenters. The fraction of sp³-hybridized carbons (Fsp3) is 0.318. The Kier molecular flexibility index (Phi) is 4.41. The van der Waals surface area contributed by atoms with E-state index in [-0.39, 0.29) is 11.5 Å². The second-order valence-corrected chi connectivity index (χ2v) is 7.93. The lowest BCUT2D eigenvalue weighted by Gasteiger charge is -2.26. The van der Waals surface area contributed by atoms with Gasteiger partial charge in [-0.1, -0.05) is 35.5 Å². The zero-order chi connectivity index (χ0) is 19.8. The van der Waals surface area contributed by atoms with E-state index in [2.05, 4.69) is 20.9 Å². The fourth-order valence-electron chi connectivity index (χ4n) is 4.14. The standard InChI is InChI=1S/C22H23N5O2/c1-15-7-8-16(9-19(15)21(28)24-17-5-3-2-4-6-17)20-11-27(26-25-20)14-22-10-18(12-29-22)23-13-22/h2-9,11,18,23H,10,12-14H2,1H3,(H,24,28). The molecule has 0 spiro atoms. The van der Waals surface area contributed by atoms with Gasteiger partial charge in [-0.3, -0.25) is 4.79 Å². The maximum atomic E-state index is 12.8. The monoisotopic (exact) mass is 389 g/mol. The quantitative estimate of drug-likeness (QED) is 0.701. The molecule has 0 saturated carbocycles. The number of fused-ring (bicyclic) bond motifs is 2. The summed E-state index contributed by atoms with van der Waals surface area (Å²) in [6, 6.07) is 15.7. The minimum atomic E-state index is -0.177. The number of carbonyl (C=O) groups excluding carboxylic acids is 1. The van der Waals surface area contributed by atoms with Crippen LogP contribution in [0.4, 0.5) is 5.69 Å². The number of aryl methyl sites for hydroxylation is 1. The molecule has 2 unspecified atom stereocenters. The number of amides is 1. The molecule has 2 aromatic carbocycles. The van der Waals surface area contributed by atoms with Gasteiger partial charge in [-0.2, -0.15) is 0 Å². The van der Waals surface area contributed by atoms with Crippen molar-refractivity contribution in [3.05, 3.63) is 65.9 Å². The molecule has 2 bridgehead atoms. The van der Waals surface area contributed by atoms with Gasteiger partial charge in [0.05, 0.1) is 19.3 Å². The summed E-state index contributed by atoms with van der Waals surface area (Å²) in [5, 5.41) is 15.0. The van der Waals surface area contributed by atoms with Crippen LogP contribution in [-0.2, 0) is 11.3 Å². The number of hydrogen-bond acceptors (Lipinski definition) is 5. The predicted molar refractivity (Wildman–Crippen MR) is 110 cm³/mol. The summed E-state index contributed by atoms with van der Waals surface area (Å²) in [7, 11) is 0. The number of hydrogen-bond donors (Lipinski definition) is 2. The van der Waals surface area contributed by atoms with Crippen LogP contribution in [0.1, 0.15) is 22.3 Å². The molecule has 2 N–H and O–H groups in total. The Hall–Kier alpha value is -3.03. The third-order valence-corrected chi connectivity index (χ3v) is 5.72. The Balaban J connectivity index is 1.36. The number of carbonyl (C=O) groups is 1. The average molecular weight is 389 g/mol. The van der Waals surface area contributed by atoms with E-state index >= 15 is 0 Å². The lowest BCUT2D eigenvalue weighted by atomic mass is 10.0. The number of morpholine rings is 1. The highest BCUT2D eigenvalue weighted by molar-refractivity contribution is 6.05. The summed E-state index contributed by atoms with van der Waals surface area (Å²) in [6.07, 6.45) is 2.93. The van der Waals surface area contributed by atoms with Gasteiger partial charge in [0.2, 0.25) is 0 Å². The first-order chi connectivity index (χ1) is 14.1. The summed E-state index contributed by atoms with van der Waals surface area (Å²) < 4.78 is 7.82. The Morgan fingerprint density at radius 2 is 2.17 bits per heavy atom. The molecular weight excluding hydrogens is 366 g/mol. The molecule has 3 aromatic rings. The van der Waals surface area contributed by atoms with Gasteiger partial charge in [0.15, 0.2) is 0 Å². The summed E-state index contributed by atoms with van der Waals surface area (Å²) >= 11 is 0. The van der Waals surface area contributed by atoms with Crippen LogP contribution < -0.4 is 10.6 Å². The van der Waals surface area contributed by atoms with E-state index in [9.17, 15) is 4.79 Å². The van der Waals surface area contributed by atoms with Crippen LogP contribution >= 0.6 is 0 Å². The van der Waals surface area contributed by atoms with Gasteiger partial charge in [0.25, 0.3) is 5.91 Å². The molecule has 1 aromatic heterocycles. The first-order valence-corrected chi connectivity index (χ1v) is 9.85. The minimum absolute atomic E-state index is 0.135. The van der Waals surface area contributed by atoms with Crippen LogP contribution in [0, 0.1) is 6.92 Å². The zero-order valence-electron chi connectivity index (χ0n) is 16.3. The first kappa shape index (κ1) is 18.0. The molecule has 0 radical (unpaired) electrons. The summed E-state index contributed by atoms with van der Waals surface area (Å²) in [4.78, 5) is 12.8. The topological polar surface area (TPSA) is 81.1 Å². The van der Waals surface area contributed by atoms with Crippen LogP contribution in [0.15, 0.2) is 54.7 Å². The highest BCUT2D eigenvalue weighted by Gasteiger charge is 2.46. The zero-order valence-corrected chi connectivity index (χ0v) is 16.3. The van der Waals surface area contributed by atoms with E-state index in [4.69, 9.17) is 4.74 Å². The third-order valence-electron chi connectivity index (χ3n) is 5.72. The van der Waals surface area contributed by atoms with Crippen LogP contribution in [0.25, 0.3) is 11.3 Å². The van der Waals surface area contributed by atoms with Gasteiger partial charge in [0.1, 0.15) is 11.3 Å². The molecule has 3 heterocycles. The molecule has 0 aliphatic carbocycles. The van der Waals surface area contributed by atoms with E-state index in [0.717, 1.165) is 42.1 Å². The Morgan fingerprint density at radius 3 is 2.90 bits per heavy atom. The van der Waals surface area contributed by atoms with Gasteiger partial charge in [-0.25, -0.2) is 4.68 Å². The molecular formula is C22H23N5O2. The molecule has 7 nitrogen and oxygen atoms in total. The van der Waals surface area contributed by atoms with Gasteiger partial charge >= 0.3 is 0 Å². The van der Waals surface area contributed by atoms with Crippen LogP contribution in [0.2, 0.25) is 0 Å². The SMILES string of the molecule is Cc1ccc(-c2cn(CC34CNC(CO3)C4)nn2)cc1C(=O)Nc1ccccc1. The van der Waals surface area contributed by atoms with Crippen molar-refractivity contribution in [2.45, 2.75) is 31.5 Å². The molecule has 29 heavy (non-hydrogen) atoms. The summed E-state index contributed by atoms with van der Waals surface area (Å²) in [5.41, 5.74) is 3.75. The maximum absolute atomic E-state index is 12.8. The van der Waals surface area contributed by atoms with Crippen molar-refractivity contribution >= 4 is 11.6 Å². The molecule has 2 aliphatic heterocycles. The van der Waals surface area contributed by atoms with Crippen LogP contribution in [0.3, 0.4) is 0 Å². The van der Waals surface area contributed by atoms with E-state index < -0.39 is 0 Å². The maximum Gasteiger partial charge on any atom is 0.255 e. The van der Waals surface area contributed by atoms with E-state index in [1.54, 1.807) is 0 Å². The average Bonchev–Trinajstić information content (AvgIpc) is 3.45. The Labute approximate surface area is 169 Å². The van der Waals surface area contributed by atoms with Crippen molar-refractivity contribution in [3.63, 3.8) is 0 Å².